The number of nitrogens with two attached hydrogens (primary N) is 1. The number of rotatable bonds is 6. The third kappa shape index (κ3) is 3.95. The molecule has 0 aromatic carbocycles. The van der Waals surface area contributed by atoms with Crippen molar-refractivity contribution >= 4 is 27.2 Å². The van der Waals surface area contributed by atoms with Crippen molar-refractivity contribution in [3.63, 3.8) is 0 Å². The van der Waals surface area contributed by atoms with Crippen molar-refractivity contribution in [3.05, 3.63) is 24.0 Å². The van der Waals surface area contributed by atoms with E-state index in [1.165, 1.54) is 22.6 Å². The Morgan fingerprint density at radius 1 is 1.55 bits per heavy atom. The van der Waals surface area contributed by atoms with Gasteiger partial charge in [0.2, 0.25) is 10.0 Å². The molecule has 0 bridgehead atoms. The molecule has 3 N–H and O–H groups in total. The number of likely N-dealkylation sites (N-methyl/N-ethyl adjacent to an activating group) is 1. The second kappa shape index (κ2) is 6.13. The maximum atomic E-state index is 12.6. The van der Waals surface area contributed by atoms with Crippen LogP contribution < -0.4 is 5.73 Å². The summed E-state index contributed by atoms with van der Waals surface area (Å²) < 4.78 is 26.4. The van der Waals surface area contributed by atoms with Crippen LogP contribution in [-0.4, -0.2) is 46.5 Å². The third-order valence-electron chi connectivity index (χ3n) is 2.54. The van der Waals surface area contributed by atoms with E-state index in [2.05, 4.69) is 4.98 Å². The smallest absolute Gasteiger partial charge is 0.245 e. The molecule has 0 saturated carbocycles. The van der Waals surface area contributed by atoms with Crippen LogP contribution in [0, 0.1) is 0 Å². The zero-order chi connectivity index (χ0) is 15.6. The van der Waals surface area contributed by atoms with Crippen molar-refractivity contribution in [2.75, 3.05) is 13.1 Å². The van der Waals surface area contributed by atoms with E-state index in [4.69, 9.17) is 18.0 Å². The number of aromatic nitrogens is 1. The standard InChI is InChI=1S/C12H19N3O3S2/c1-4-15(8-12(2,3)16)20(17,18)9-6-5-7-14-10(9)11(13)19/h5-7,16H,4,8H2,1-3H3,(H2,13,19). The third-order valence-corrected chi connectivity index (χ3v) is 4.68. The Hall–Kier alpha value is -1.09. The van der Waals surface area contributed by atoms with Gasteiger partial charge in [0.1, 0.15) is 15.6 Å². The van der Waals surface area contributed by atoms with E-state index >= 15 is 0 Å². The van der Waals surface area contributed by atoms with Crippen LogP contribution in [-0.2, 0) is 10.0 Å². The molecule has 0 aliphatic rings. The summed E-state index contributed by atoms with van der Waals surface area (Å²) >= 11 is 4.83. The molecule has 1 aromatic rings. The molecule has 112 valence electrons. The van der Waals surface area contributed by atoms with E-state index in [0.29, 0.717) is 0 Å². The molecule has 8 heteroatoms. The first-order valence-electron chi connectivity index (χ1n) is 6.07. The van der Waals surface area contributed by atoms with Crippen molar-refractivity contribution in [1.29, 1.82) is 0 Å². The normalized spacial score (nSPS) is 12.7. The topological polar surface area (TPSA) is 96.5 Å². The molecule has 0 spiro atoms. The number of hydrogen-bond donors (Lipinski definition) is 2. The predicted octanol–water partition coefficient (Wildman–Crippen LogP) is 0.497. The van der Waals surface area contributed by atoms with Crippen LogP contribution >= 0.6 is 12.2 Å². The number of hydrogen-bond acceptors (Lipinski definition) is 5. The van der Waals surface area contributed by atoms with Gasteiger partial charge in [0.15, 0.2) is 0 Å². The minimum absolute atomic E-state index is 0.0303. The van der Waals surface area contributed by atoms with Gasteiger partial charge in [0.05, 0.1) is 5.60 Å². The number of sulfonamides is 1. The zero-order valence-corrected chi connectivity index (χ0v) is 13.3. The van der Waals surface area contributed by atoms with Crippen LogP contribution in [0.15, 0.2) is 23.2 Å². The van der Waals surface area contributed by atoms with E-state index in [1.807, 2.05) is 0 Å². The molecule has 0 amide bonds. The van der Waals surface area contributed by atoms with Gasteiger partial charge >= 0.3 is 0 Å². The number of pyridine rings is 1. The van der Waals surface area contributed by atoms with Gasteiger partial charge in [-0.2, -0.15) is 4.31 Å². The van der Waals surface area contributed by atoms with Gasteiger partial charge in [0.25, 0.3) is 0 Å². The summed E-state index contributed by atoms with van der Waals surface area (Å²) in [6, 6.07) is 2.91. The molecule has 0 radical (unpaired) electrons. The Morgan fingerprint density at radius 3 is 2.60 bits per heavy atom. The molecule has 0 aliphatic carbocycles. The molecule has 1 heterocycles. The Bertz CT molecular complexity index is 594. The van der Waals surface area contributed by atoms with Crippen molar-refractivity contribution in [3.8, 4) is 0 Å². The highest BCUT2D eigenvalue weighted by atomic mass is 32.2. The summed E-state index contributed by atoms with van der Waals surface area (Å²) in [6.07, 6.45) is 1.43. The first-order valence-corrected chi connectivity index (χ1v) is 7.92. The highest BCUT2D eigenvalue weighted by molar-refractivity contribution is 7.89. The highest BCUT2D eigenvalue weighted by Gasteiger charge is 2.30. The lowest BCUT2D eigenvalue weighted by Crippen LogP contribution is -2.42. The Kier molecular flexibility index (Phi) is 5.20. The van der Waals surface area contributed by atoms with Crippen molar-refractivity contribution < 1.29 is 13.5 Å². The Balaban J connectivity index is 3.32. The van der Waals surface area contributed by atoms with E-state index in [1.54, 1.807) is 20.8 Å². The van der Waals surface area contributed by atoms with Crippen LogP contribution in [0.1, 0.15) is 26.5 Å². The molecule has 6 nitrogen and oxygen atoms in total. The van der Waals surface area contributed by atoms with Crippen molar-refractivity contribution in [2.45, 2.75) is 31.3 Å². The lowest BCUT2D eigenvalue weighted by molar-refractivity contribution is 0.0601. The minimum Gasteiger partial charge on any atom is -0.389 e. The van der Waals surface area contributed by atoms with Crippen LogP contribution in [0.25, 0.3) is 0 Å². The number of thiocarbonyl (C=S) groups is 1. The van der Waals surface area contributed by atoms with Gasteiger partial charge in [0, 0.05) is 19.3 Å². The summed E-state index contributed by atoms with van der Waals surface area (Å²) in [4.78, 5) is 3.80. The van der Waals surface area contributed by atoms with Gasteiger partial charge in [-0.15, -0.1) is 0 Å². The molecule has 0 atom stereocenters. The molecular weight excluding hydrogens is 298 g/mol. The first-order chi connectivity index (χ1) is 9.09. The largest absolute Gasteiger partial charge is 0.389 e. The molecule has 0 saturated heterocycles. The predicted molar refractivity (Wildman–Crippen MR) is 80.9 cm³/mol. The fraction of sp³-hybridized carbons (Fsp3) is 0.500. The van der Waals surface area contributed by atoms with Crippen LogP contribution in [0.3, 0.4) is 0 Å². The SMILES string of the molecule is CCN(CC(C)(C)O)S(=O)(=O)c1cccnc1C(N)=S. The molecule has 1 rings (SSSR count). The highest BCUT2D eigenvalue weighted by Crippen LogP contribution is 2.20. The van der Waals surface area contributed by atoms with E-state index in [-0.39, 0.29) is 28.7 Å². The fourth-order valence-corrected chi connectivity index (χ4v) is 3.71. The monoisotopic (exact) mass is 317 g/mol. The Morgan fingerprint density at radius 2 is 2.15 bits per heavy atom. The van der Waals surface area contributed by atoms with Gasteiger partial charge in [-0.3, -0.25) is 4.98 Å². The van der Waals surface area contributed by atoms with Gasteiger partial charge in [-0.05, 0) is 26.0 Å². The lowest BCUT2D eigenvalue weighted by Gasteiger charge is -2.27. The average Bonchev–Trinajstić information content (AvgIpc) is 2.34. The second-order valence-corrected chi connectivity index (χ2v) is 7.30. The summed E-state index contributed by atoms with van der Waals surface area (Å²) in [7, 11) is -3.82. The fourth-order valence-electron chi connectivity index (χ4n) is 1.72. The maximum Gasteiger partial charge on any atom is 0.245 e. The van der Waals surface area contributed by atoms with E-state index in [9.17, 15) is 13.5 Å². The van der Waals surface area contributed by atoms with Gasteiger partial charge in [-0.25, -0.2) is 8.42 Å². The Labute approximate surface area is 124 Å². The van der Waals surface area contributed by atoms with Crippen molar-refractivity contribution in [1.82, 2.24) is 9.29 Å². The molecular formula is C12H19N3O3S2. The van der Waals surface area contributed by atoms with Crippen LogP contribution in [0.2, 0.25) is 0 Å². The lowest BCUT2D eigenvalue weighted by atomic mass is 10.1. The van der Waals surface area contributed by atoms with Crippen LogP contribution in [0.5, 0.6) is 0 Å². The maximum absolute atomic E-state index is 12.6. The molecule has 0 unspecified atom stereocenters. The van der Waals surface area contributed by atoms with Crippen molar-refractivity contribution in [2.24, 2.45) is 5.73 Å². The summed E-state index contributed by atoms with van der Waals surface area (Å²) in [5.74, 6) is 0. The average molecular weight is 317 g/mol. The quantitative estimate of drug-likeness (QED) is 0.742. The molecule has 0 fully saturated rings. The molecule has 0 aliphatic heterocycles. The number of aliphatic hydroxyl groups is 1. The summed E-state index contributed by atoms with van der Waals surface area (Å²) in [5, 5.41) is 9.84. The van der Waals surface area contributed by atoms with E-state index in [0.717, 1.165) is 0 Å². The van der Waals surface area contributed by atoms with Gasteiger partial charge < -0.3 is 10.8 Å². The summed E-state index contributed by atoms with van der Waals surface area (Å²) in [6.45, 7) is 4.97. The summed E-state index contributed by atoms with van der Waals surface area (Å²) in [5.41, 5.74) is 4.44. The number of nitrogens with zero attached hydrogens (tertiary/aromatic N) is 2. The minimum atomic E-state index is -3.82. The van der Waals surface area contributed by atoms with Crippen LogP contribution in [0.4, 0.5) is 0 Å². The molecule has 1 aromatic heterocycles. The molecule has 20 heavy (non-hydrogen) atoms. The van der Waals surface area contributed by atoms with Gasteiger partial charge in [-0.1, -0.05) is 19.1 Å². The first kappa shape index (κ1) is 17.0. The zero-order valence-electron chi connectivity index (χ0n) is 11.7. The van der Waals surface area contributed by atoms with E-state index < -0.39 is 15.6 Å². The second-order valence-electron chi connectivity index (χ2n) is 4.96.